The van der Waals surface area contributed by atoms with Gasteiger partial charge in [-0.1, -0.05) is 26.8 Å². The number of nitrogens with zero attached hydrogens (tertiary/aromatic N) is 1. The van der Waals surface area contributed by atoms with Gasteiger partial charge in [0.25, 0.3) is 0 Å². The zero-order valence-electron chi connectivity index (χ0n) is 13.7. The van der Waals surface area contributed by atoms with Crippen LogP contribution in [0.4, 0.5) is 11.4 Å². The Morgan fingerprint density at radius 2 is 2.23 bits per heavy atom. The largest absolute Gasteiger partial charge is 0.486 e. The van der Waals surface area contributed by atoms with Crippen LogP contribution in [0.15, 0.2) is 18.2 Å². The Bertz CT molecular complexity index is 519. The van der Waals surface area contributed by atoms with E-state index in [2.05, 4.69) is 11.8 Å². The Balaban J connectivity index is 2.33. The highest BCUT2D eigenvalue weighted by Crippen LogP contribution is 2.40. The number of anilines is 2. The fourth-order valence-electron chi connectivity index (χ4n) is 2.78. The number of carbonyl (C=O) groups excluding carboxylic acids is 1. The first kappa shape index (κ1) is 16.5. The van der Waals surface area contributed by atoms with E-state index in [4.69, 9.17) is 15.2 Å². The summed E-state index contributed by atoms with van der Waals surface area (Å²) in [5.74, 6) is 0.565. The van der Waals surface area contributed by atoms with Crippen molar-refractivity contribution in [1.29, 1.82) is 0 Å². The van der Waals surface area contributed by atoms with Gasteiger partial charge < -0.3 is 20.1 Å². The van der Waals surface area contributed by atoms with E-state index in [0.717, 1.165) is 24.3 Å². The summed E-state index contributed by atoms with van der Waals surface area (Å²) < 4.78 is 11.3. The molecule has 1 aromatic carbocycles. The van der Waals surface area contributed by atoms with Gasteiger partial charge in [-0.05, 0) is 31.4 Å². The van der Waals surface area contributed by atoms with Crippen molar-refractivity contribution >= 4 is 17.3 Å². The van der Waals surface area contributed by atoms with Gasteiger partial charge in [0.1, 0.15) is 23.6 Å². The van der Waals surface area contributed by atoms with Gasteiger partial charge in [0.15, 0.2) is 0 Å². The monoisotopic (exact) mass is 306 g/mol. The number of nitrogen functional groups attached to an aromatic ring is 1. The Morgan fingerprint density at radius 1 is 1.45 bits per heavy atom. The third kappa shape index (κ3) is 3.29. The zero-order valence-corrected chi connectivity index (χ0v) is 13.7. The lowest BCUT2D eigenvalue weighted by molar-refractivity contribution is -0.145. The molecular weight excluding hydrogens is 280 g/mol. The topological polar surface area (TPSA) is 64.8 Å². The Morgan fingerprint density at radius 3 is 2.86 bits per heavy atom. The second kappa shape index (κ2) is 7.38. The number of hydrogen-bond donors (Lipinski definition) is 1. The number of para-hydroxylation sites is 1. The summed E-state index contributed by atoms with van der Waals surface area (Å²) in [5, 5.41) is 0. The molecule has 0 aromatic heterocycles. The number of rotatable bonds is 6. The van der Waals surface area contributed by atoms with Crippen LogP contribution >= 0.6 is 0 Å². The van der Waals surface area contributed by atoms with E-state index >= 15 is 0 Å². The first-order valence-corrected chi connectivity index (χ1v) is 8.10. The average molecular weight is 306 g/mol. The SMILES string of the molecule is CCCOC(=O)C(CC)N1CC(CC)Oc2cccc(N)c21. The quantitative estimate of drug-likeness (QED) is 0.646. The zero-order chi connectivity index (χ0) is 16.1. The molecule has 0 amide bonds. The molecule has 1 aliphatic heterocycles. The van der Waals surface area contributed by atoms with Gasteiger partial charge in [-0.25, -0.2) is 4.79 Å². The summed E-state index contributed by atoms with van der Waals surface area (Å²) in [4.78, 5) is 14.5. The molecule has 5 heteroatoms. The number of carbonyl (C=O) groups is 1. The molecule has 0 fully saturated rings. The first-order valence-electron chi connectivity index (χ1n) is 8.10. The lowest BCUT2D eigenvalue weighted by atomic mass is 10.1. The van der Waals surface area contributed by atoms with Gasteiger partial charge in [-0.2, -0.15) is 0 Å². The molecule has 22 heavy (non-hydrogen) atoms. The maximum atomic E-state index is 12.4. The lowest BCUT2D eigenvalue weighted by Gasteiger charge is -2.40. The number of esters is 1. The van der Waals surface area contributed by atoms with Crippen LogP contribution in [0.1, 0.15) is 40.0 Å². The third-order valence-electron chi connectivity index (χ3n) is 3.95. The molecule has 2 rings (SSSR count). The summed E-state index contributed by atoms with van der Waals surface area (Å²) in [6, 6.07) is 5.30. The average Bonchev–Trinajstić information content (AvgIpc) is 2.53. The van der Waals surface area contributed by atoms with Crippen LogP contribution in [-0.2, 0) is 9.53 Å². The fourth-order valence-corrected chi connectivity index (χ4v) is 2.78. The number of nitrogens with two attached hydrogens (primary N) is 1. The van der Waals surface area contributed by atoms with Crippen molar-refractivity contribution < 1.29 is 14.3 Å². The van der Waals surface area contributed by atoms with Gasteiger partial charge in [0.2, 0.25) is 0 Å². The maximum Gasteiger partial charge on any atom is 0.328 e. The van der Waals surface area contributed by atoms with Gasteiger partial charge in [0.05, 0.1) is 18.8 Å². The van der Waals surface area contributed by atoms with E-state index in [1.54, 1.807) is 0 Å². The molecule has 122 valence electrons. The van der Waals surface area contributed by atoms with Gasteiger partial charge in [-0.15, -0.1) is 0 Å². The molecule has 0 spiro atoms. The molecule has 0 saturated carbocycles. The number of ether oxygens (including phenoxy) is 2. The highest BCUT2D eigenvalue weighted by atomic mass is 16.5. The molecule has 2 atom stereocenters. The minimum Gasteiger partial charge on any atom is -0.486 e. The summed E-state index contributed by atoms with van der Waals surface area (Å²) in [7, 11) is 0. The Labute approximate surface area is 132 Å². The second-order valence-corrected chi connectivity index (χ2v) is 5.59. The minimum atomic E-state index is -0.326. The third-order valence-corrected chi connectivity index (χ3v) is 3.95. The van der Waals surface area contributed by atoms with Crippen LogP contribution < -0.4 is 15.4 Å². The Hall–Kier alpha value is -1.91. The molecule has 5 nitrogen and oxygen atoms in total. The molecule has 0 aliphatic carbocycles. The van der Waals surface area contributed by atoms with Crippen molar-refractivity contribution in [3.63, 3.8) is 0 Å². The van der Waals surface area contributed by atoms with Crippen molar-refractivity contribution in [3.05, 3.63) is 18.2 Å². The normalized spacial score (nSPS) is 18.3. The van der Waals surface area contributed by atoms with Gasteiger partial charge in [-0.3, -0.25) is 0 Å². The molecule has 0 bridgehead atoms. The molecule has 0 radical (unpaired) electrons. The van der Waals surface area contributed by atoms with Crippen LogP contribution in [0.5, 0.6) is 5.75 Å². The van der Waals surface area contributed by atoms with E-state index in [9.17, 15) is 4.79 Å². The Kier molecular flexibility index (Phi) is 5.52. The molecule has 0 saturated heterocycles. The van der Waals surface area contributed by atoms with E-state index in [1.807, 2.05) is 32.0 Å². The smallest absolute Gasteiger partial charge is 0.328 e. The summed E-state index contributed by atoms with van der Waals surface area (Å²) in [6.07, 6.45) is 2.43. The van der Waals surface area contributed by atoms with Crippen molar-refractivity contribution in [2.24, 2.45) is 0 Å². The van der Waals surface area contributed by atoms with Crippen LogP contribution in [0.3, 0.4) is 0 Å². The predicted molar refractivity (Wildman–Crippen MR) is 88.2 cm³/mol. The van der Waals surface area contributed by atoms with Crippen molar-refractivity contribution in [3.8, 4) is 5.75 Å². The van der Waals surface area contributed by atoms with Gasteiger partial charge >= 0.3 is 5.97 Å². The van der Waals surface area contributed by atoms with E-state index in [0.29, 0.717) is 25.3 Å². The second-order valence-electron chi connectivity index (χ2n) is 5.59. The molecule has 2 unspecified atom stereocenters. The van der Waals surface area contributed by atoms with Crippen molar-refractivity contribution in [2.45, 2.75) is 52.2 Å². The molecule has 1 heterocycles. The predicted octanol–water partition coefficient (Wildman–Crippen LogP) is 2.98. The minimum absolute atomic E-state index is 0.0577. The summed E-state index contributed by atoms with van der Waals surface area (Å²) in [5.41, 5.74) is 7.58. The molecular formula is C17H26N2O3. The van der Waals surface area contributed by atoms with E-state index in [1.165, 1.54) is 0 Å². The number of benzene rings is 1. The number of fused-ring (bicyclic) bond motifs is 1. The van der Waals surface area contributed by atoms with Crippen molar-refractivity contribution in [2.75, 3.05) is 23.8 Å². The van der Waals surface area contributed by atoms with Crippen LogP contribution in [0, 0.1) is 0 Å². The van der Waals surface area contributed by atoms with E-state index in [-0.39, 0.29) is 18.1 Å². The highest BCUT2D eigenvalue weighted by Gasteiger charge is 2.34. The lowest BCUT2D eigenvalue weighted by Crippen LogP contribution is -2.49. The first-order chi connectivity index (χ1) is 10.6. The van der Waals surface area contributed by atoms with Gasteiger partial charge in [0, 0.05) is 0 Å². The maximum absolute atomic E-state index is 12.4. The molecule has 1 aromatic rings. The van der Waals surface area contributed by atoms with Crippen LogP contribution in [0.2, 0.25) is 0 Å². The van der Waals surface area contributed by atoms with Crippen molar-refractivity contribution in [1.82, 2.24) is 0 Å². The standard InChI is InChI=1S/C17H26N2O3/c1-4-10-21-17(20)14(6-3)19-11-12(5-2)22-15-9-7-8-13(18)16(15)19/h7-9,12,14H,4-6,10-11,18H2,1-3H3. The molecule has 2 N–H and O–H groups in total. The van der Waals surface area contributed by atoms with Crippen LogP contribution in [0.25, 0.3) is 0 Å². The molecule has 1 aliphatic rings. The fraction of sp³-hybridized carbons (Fsp3) is 0.588. The summed E-state index contributed by atoms with van der Waals surface area (Å²) in [6.45, 7) is 7.17. The summed E-state index contributed by atoms with van der Waals surface area (Å²) >= 11 is 0. The number of hydrogen-bond acceptors (Lipinski definition) is 5. The highest BCUT2D eigenvalue weighted by molar-refractivity contribution is 5.85. The van der Waals surface area contributed by atoms with E-state index < -0.39 is 0 Å². The van der Waals surface area contributed by atoms with Crippen LogP contribution in [-0.4, -0.2) is 31.3 Å².